The molecule has 6 heteroatoms. The van der Waals surface area contributed by atoms with E-state index < -0.39 is 0 Å². The molecule has 4 rings (SSSR count). The van der Waals surface area contributed by atoms with Gasteiger partial charge in [0, 0.05) is 36.7 Å². The van der Waals surface area contributed by atoms with Crippen LogP contribution in [0.15, 0.2) is 30.3 Å². The van der Waals surface area contributed by atoms with Gasteiger partial charge < -0.3 is 14.4 Å². The number of anilines is 1. The molecule has 1 aromatic heterocycles. The van der Waals surface area contributed by atoms with E-state index in [1.54, 1.807) is 0 Å². The Morgan fingerprint density at radius 2 is 1.93 bits per heavy atom. The van der Waals surface area contributed by atoms with E-state index in [1.165, 1.54) is 0 Å². The van der Waals surface area contributed by atoms with E-state index in [4.69, 9.17) is 26.1 Å². The Morgan fingerprint density at radius 3 is 2.61 bits per heavy atom. The number of piperidine rings is 1. The first-order chi connectivity index (χ1) is 13.7. The first kappa shape index (κ1) is 19.6. The number of nitrogens with zero attached hydrogens (tertiary/aromatic N) is 3. The SMILES string of the molecule is CCc1c(Cl)nc(-c2ccccc2)nc1N1CCC(OCC2CCOC2)CC1. The third-order valence-corrected chi connectivity index (χ3v) is 5.97. The van der Waals surface area contributed by atoms with Crippen molar-refractivity contribution in [1.29, 1.82) is 0 Å². The number of aromatic nitrogens is 2. The number of ether oxygens (including phenoxy) is 2. The van der Waals surface area contributed by atoms with Crippen molar-refractivity contribution in [3.63, 3.8) is 0 Å². The van der Waals surface area contributed by atoms with Gasteiger partial charge in [-0.15, -0.1) is 0 Å². The molecular weight excluding hydrogens is 374 g/mol. The van der Waals surface area contributed by atoms with Gasteiger partial charge in [0.05, 0.1) is 19.3 Å². The Hall–Kier alpha value is -1.69. The van der Waals surface area contributed by atoms with Crippen molar-refractivity contribution in [2.45, 2.75) is 38.7 Å². The summed E-state index contributed by atoms with van der Waals surface area (Å²) in [5.41, 5.74) is 2.02. The van der Waals surface area contributed by atoms with E-state index >= 15 is 0 Å². The molecule has 28 heavy (non-hydrogen) atoms. The average Bonchev–Trinajstić information content (AvgIpc) is 3.26. The monoisotopic (exact) mass is 401 g/mol. The second-order valence-corrected chi connectivity index (χ2v) is 7.97. The Balaban J connectivity index is 1.45. The molecule has 0 amide bonds. The lowest BCUT2D eigenvalue weighted by molar-refractivity contribution is 0.0131. The van der Waals surface area contributed by atoms with E-state index in [-0.39, 0.29) is 0 Å². The molecule has 0 bridgehead atoms. The van der Waals surface area contributed by atoms with Gasteiger partial charge in [-0.25, -0.2) is 9.97 Å². The standard InChI is InChI=1S/C22H28ClN3O2/c1-2-19-20(23)24-21(17-6-4-3-5-7-17)25-22(19)26-11-8-18(9-12-26)28-15-16-10-13-27-14-16/h3-7,16,18H,2,8-15H2,1H3. The summed E-state index contributed by atoms with van der Waals surface area (Å²) in [6.07, 6.45) is 4.30. The van der Waals surface area contributed by atoms with Crippen LogP contribution in [0.2, 0.25) is 5.15 Å². The zero-order valence-electron chi connectivity index (χ0n) is 16.4. The second kappa shape index (κ2) is 9.21. The lowest BCUT2D eigenvalue weighted by Gasteiger charge is -2.34. The lowest BCUT2D eigenvalue weighted by Crippen LogP contribution is -2.38. The van der Waals surface area contributed by atoms with Gasteiger partial charge in [-0.05, 0) is 25.7 Å². The molecule has 2 aromatic rings. The van der Waals surface area contributed by atoms with Crippen LogP contribution in [0.3, 0.4) is 0 Å². The van der Waals surface area contributed by atoms with Crippen LogP contribution in [0, 0.1) is 5.92 Å². The molecule has 0 N–H and O–H groups in total. The van der Waals surface area contributed by atoms with E-state index in [2.05, 4.69) is 16.8 Å². The van der Waals surface area contributed by atoms with Crippen LogP contribution >= 0.6 is 11.6 Å². The van der Waals surface area contributed by atoms with E-state index in [9.17, 15) is 0 Å². The minimum Gasteiger partial charge on any atom is -0.381 e. The van der Waals surface area contributed by atoms with Crippen LogP contribution in [0.1, 0.15) is 31.7 Å². The molecule has 1 atom stereocenters. The van der Waals surface area contributed by atoms with Gasteiger partial charge in [0.2, 0.25) is 0 Å². The number of rotatable bonds is 6. The van der Waals surface area contributed by atoms with Gasteiger partial charge in [-0.3, -0.25) is 0 Å². The van der Waals surface area contributed by atoms with Crippen molar-refractivity contribution < 1.29 is 9.47 Å². The number of benzene rings is 1. The summed E-state index contributed by atoms with van der Waals surface area (Å²) >= 11 is 6.54. The fraction of sp³-hybridized carbons (Fsp3) is 0.545. The molecule has 2 aliphatic heterocycles. The Labute approximate surface area is 172 Å². The fourth-order valence-corrected chi connectivity index (χ4v) is 4.25. The highest BCUT2D eigenvalue weighted by Crippen LogP contribution is 2.31. The van der Waals surface area contributed by atoms with Crippen molar-refractivity contribution in [2.75, 3.05) is 37.8 Å². The summed E-state index contributed by atoms with van der Waals surface area (Å²) in [7, 11) is 0. The second-order valence-electron chi connectivity index (χ2n) is 7.61. The first-order valence-corrected chi connectivity index (χ1v) is 10.7. The van der Waals surface area contributed by atoms with Crippen molar-refractivity contribution >= 4 is 17.4 Å². The maximum atomic E-state index is 6.54. The van der Waals surface area contributed by atoms with Crippen LogP contribution in [0.25, 0.3) is 11.4 Å². The molecule has 2 fully saturated rings. The highest BCUT2D eigenvalue weighted by atomic mass is 35.5. The van der Waals surface area contributed by atoms with Crippen LogP contribution in [0.4, 0.5) is 5.82 Å². The van der Waals surface area contributed by atoms with E-state index in [0.29, 0.717) is 23.0 Å². The zero-order valence-corrected chi connectivity index (χ0v) is 17.2. The van der Waals surface area contributed by atoms with Crippen molar-refractivity contribution in [1.82, 2.24) is 9.97 Å². The van der Waals surface area contributed by atoms with Crippen molar-refractivity contribution in [3.8, 4) is 11.4 Å². The van der Waals surface area contributed by atoms with Gasteiger partial charge >= 0.3 is 0 Å². The quantitative estimate of drug-likeness (QED) is 0.672. The molecule has 5 nitrogen and oxygen atoms in total. The Bertz CT molecular complexity index is 773. The fourth-order valence-electron chi connectivity index (χ4n) is 3.95. The normalized spacial score (nSPS) is 20.6. The number of hydrogen-bond acceptors (Lipinski definition) is 5. The number of hydrogen-bond donors (Lipinski definition) is 0. The molecule has 3 heterocycles. The van der Waals surface area contributed by atoms with Gasteiger partial charge in [-0.2, -0.15) is 0 Å². The van der Waals surface area contributed by atoms with Gasteiger partial charge in [-0.1, -0.05) is 48.9 Å². The smallest absolute Gasteiger partial charge is 0.163 e. The highest BCUT2D eigenvalue weighted by molar-refractivity contribution is 6.30. The minimum absolute atomic E-state index is 0.327. The summed E-state index contributed by atoms with van der Waals surface area (Å²) in [5, 5.41) is 0.561. The molecule has 150 valence electrons. The lowest BCUT2D eigenvalue weighted by atomic mass is 10.1. The third-order valence-electron chi connectivity index (χ3n) is 5.65. The highest BCUT2D eigenvalue weighted by Gasteiger charge is 2.25. The zero-order chi connectivity index (χ0) is 19.3. The summed E-state index contributed by atoms with van der Waals surface area (Å²) in [6, 6.07) is 10.0. The molecule has 1 aromatic carbocycles. The topological polar surface area (TPSA) is 47.5 Å². The molecule has 0 radical (unpaired) electrons. The summed E-state index contributed by atoms with van der Waals surface area (Å²) in [6.45, 7) is 6.52. The molecule has 2 aliphatic rings. The Morgan fingerprint density at radius 1 is 1.14 bits per heavy atom. The molecule has 2 saturated heterocycles. The van der Waals surface area contributed by atoms with E-state index in [1.807, 2.05) is 30.3 Å². The third kappa shape index (κ3) is 4.48. The molecule has 1 unspecified atom stereocenters. The largest absolute Gasteiger partial charge is 0.381 e. The summed E-state index contributed by atoms with van der Waals surface area (Å²) in [4.78, 5) is 11.8. The summed E-state index contributed by atoms with van der Waals surface area (Å²) < 4.78 is 11.6. The maximum Gasteiger partial charge on any atom is 0.163 e. The Kier molecular flexibility index (Phi) is 6.45. The average molecular weight is 402 g/mol. The van der Waals surface area contributed by atoms with Crippen LogP contribution in [-0.4, -0.2) is 49.0 Å². The first-order valence-electron chi connectivity index (χ1n) is 10.3. The van der Waals surface area contributed by atoms with Crippen LogP contribution in [-0.2, 0) is 15.9 Å². The number of halogens is 1. The molecule has 0 aliphatic carbocycles. The van der Waals surface area contributed by atoms with Gasteiger partial charge in [0.1, 0.15) is 11.0 Å². The predicted octanol–water partition coefficient (Wildman–Crippen LogP) is 4.38. The minimum atomic E-state index is 0.327. The van der Waals surface area contributed by atoms with Crippen molar-refractivity contribution in [3.05, 3.63) is 41.0 Å². The van der Waals surface area contributed by atoms with Gasteiger partial charge in [0.25, 0.3) is 0 Å². The van der Waals surface area contributed by atoms with Gasteiger partial charge in [0.15, 0.2) is 5.82 Å². The van der Waals surface area contributed by atoms with Crippen LogP contribution in [0.5, 0.6) is 0 Å². The molecule has 0 saturated carbocycles. The van der Waals surface area contributed by atoms with E-state index in [0.717, 1.165) is 75.5 Å². The molecular formula is C22H28ClN3O2. The van der Waals surface area contributed by atoms with Crippen LogP contribution < -0.4 is 4.90 Å². The predicted molar refractivity (Wildman–Crippen MR) is 112 cm³/mol. The maximum absolute atomic E-state index is 6.54. The molecule has 0 spiro atoms. The van der Waals surface area contributed by atoms with Crippen molar-refractivity contribution in [2.24, 2.45) is 5.92 Å². The summed E-state index contributed by atoms with van der Waals surface area (Å²) in [5.74, 6) is 2.24.